The smallest absolute Gasteiger partial charge is 0.195 e. The zero-order valence-electron chi connectivity index (χ0n) is 10.3. The number of anilines is 1. The third kappa shape index (κ3) is 2.56. The summed E-state index contributed by atoms with van der Waals surface area (Å²) < 4.78 is 5.67. The molecule has 96 valence electrons. The SMILES string of the molecule is Nc1ccccc1CCc1nc2cc(Cl)ccc2o1. The maximum Gasteiger partial charge on any atom is 0.195 e. The van der Waals surface area contributed by atoms with Crippen molar-refractivity contribution in [1.82, 2.24) is 4.98 Å². The van der Waals surface area contributed by atoms with Crippen molar-refractivity contribution >= 4 is 28.4 Å². The molecule has 0 spiro atoms. The van der Waals surface area contributed by atoms with Crippen LogP contribution in [-0.2, 0) is 12.8 Å². The molecule has 3 nitrogen and oxygen atoms in total. The number of benzene rings is 2. The molecule has 1 heterocycles. The minimum Gasteiger partial charge on any atom is -0.441 e. The number of halogens is 1. The first-order valence-corrected chi connectivity index (χ1v) is 6.48. The predicted molar refractivity (Wildman–Crippen MR) is 77.3 cm³/mol. The second-order valence-corrected chi connectivity index (χ2v) is 4.85. The molecule has 0 aliphatic heterocycles. The molecule has 0 radical (unpaired) electrons. The van der Waals surface area contributed by atoms with Crippen LogP contribution in [0.2, 0.25) is 5.02 Å². The molecule has 2 N–H and O–H groups in total. The lowest BCUT2D eigenvalue weighted by atomic mass is 10.1. The third-order valence-corrected chi connectivity index (χ3v) is 3.29. The number of fused-ring (bicyclic) bond motifs is 1. The van der Waals surface area contributed by atoms with E-state index in [1.54, 1.807) is 12.1 Å². The summed E-state index contributed by atoms with van der Waals surface area (Å²) in [5, 5.41) is 0.666. The Labute approximate surface area is 116 Å². The Hall–Kier alpha value is -2.00. The molecule has 4 heteroatoms. The highest BCUT2D eigenvalue weighted by Gasteiger charge is 2.07. The van der Waals surface area contributed by atoms with E-state index in [1.165, 1.54) is 0 Å². The Balaban J connectivity index is 1.80. The van der Waals surface area contributed by atoms with Gasteiger partial charge in [0.15, 0.2) is 11.5 Å². The number of nitrogens with zero attached hydrogens (tertiary/aromatic N) is 1. The van der Waals surface area contributed by atoms with Crippen LogP contribution in [0.3, 0.4) is 0 Å². The number of oxazole rings is 1. The lowest BCUT2D eigenvalue weighted by Gasteiger charge is -2.02. The number of nitrogen functional groups attached to an aromatic ring is 1. The number of rotatable bonds is 3. The van der Waals surface area contributed by atoms with Crippen LogP contribution in [0.15, 0.2) is 46.9 Å². The summed E-state index contributed by atoms with van der Waals surface area (Å²) in [6, 6.07) is 13.3. The van der Waals surface area contributed by atoms with E-state index in [0.29, 0.717) is 10.9 Å². The zero-order valence-corrected chi connectivity index (χ0v) is 11.0. The molecular weight excluding hydrogens is 260 g/mol. The number of aromatic nitrogens is 1. The standard InChI is InChI=1S/C15H13ClN2O/c16-11-6-7-14-13(9-11)18-15(19-14)8-5-10-3-1-2-4-12(10)17/h1-4,6-7,9H,5,8,17H2. The molecule has 0 bridgehead atoms. The van der Waals surface area contributed by atoms with E-state index in [1.807, 2.05) is 30.3 Å². The van der Waals surface area contributed by atoms with Crippen LogP contribution in [0, 0.1) is 0 Å². The summed E-state index contributed by atoms with van der Waals surface area (Å²) in [6.45, 7) is 0. The number of hydrogen-bond donors (Lipinski definition) is 1. The Morgan fingerprint density at radius 3 is 2.79 bits per heavy atom. The van der Waals surface area contributed by atoms with Crippen LogP contribution in [-0.4, -0.2) is 4.98 Å². The van der Waals surface area contributed by atoms with E-state index in [2.05, 4.69) is 4.98 Å². The Morgan fingerprint density at radius 1 is 1.11 bits per heavy atom. The number of aryl methyl sites for hydroxylation is 2. The van der Waals surface area contributed by atoms with Gasteiger partial charge in [0, 0.05) is 17.1 Å². The van der Waals surface area contributed by atoms with Gasteiger partial charge in [0.2, 0.25) is 0 Å². The van der Waals surface area contributed by atoms with Gasteiger partial charge in [0.25, 0.3) is 0 Å². The Kier molecular flexibility index (Phi) is 3.13. The first-order chi connectivity index (χ1) is 9.22. The van der Waals surface area contributed by atoms with Gasteiger partial charge in [-0.05, 0) is 36.2 Å². The van der Waals surface area contributed by atoms with Crippen LogP contribution >= 0.6 is 11.6 Å². The van der Waals surface area contributed by atoms with Crippen LogP contribution < -0.4 is 5.73 Å². The van der Waals surface area contributed by atoms with Crippen molar-refractivity contribution in [2.24, 2.45) is 0 Å². The van der Waals surface area contributed by atoms with E-state index >= 15 is 0 Å². The molecule has 0 fully saturated rings. The molecule has 0 amide bonds. The molecule has 0 saturated carbocycles. The highest BCUT2D eigenvalue weighted by atomic mass is 35.5. The second kappa shape index (κ2) is 4.94. The van der Waals surface area contributed by atoms with Gasteiger partial charge in [-0.1, -0.05) is 29.8 Å². The second-order valence-electron chi connectivity index (χ2n) is 4.42. The summed E-state index contributed by atoms with van der Waals surface area (Å²) in [4.78, 5) is 4.43. The first-order valence-electron chi connectivity index (χ1n) is 6.11. The van der Waals surface area contributed by atoms with E-state index in [-0.39, 0.29) is 0 Å². The third-order valence-electron chi connectivity index (χ3n) is 3.06. The lowest BCUT2D eigenvalue weighted by molar-refractivity contribution is 0.528. The summed E-state index contributed by atoms with van der Waals surface area (Å²) in [5.41, 5.74) is 9.39. The summed E-state index contributed by atoms with van der Waals surface area (Å²) in [7, 11) is 0. The van der Waals surface area contributed by atoms with Crippen molar-refractivity contribution in [3.8, 4) is 0 Å². The molecule has 0 unspecified atom stereocenters. The average Bonchev–Trinajstić information content (AvgIpc) is 2.79. The minimum absolute atomic E-state index is 0.666. The average molecular weight is 273 g/mol. The van der Waals surface area contributed by atoms with Crippen molar-refractivity contribution in [3.63, 3.8) is 0 Å². The van der Waals surface area contributed by atoms with Gasteiger partial charge >= 0.3 is 0 Å². The largest absolute Gasteiger partial charge is 0.441 e. The van der Waals surface area contributed by atoms with E-state index in [0.717, 1.165) is 35.2 Å². The minimum atomic E-state index is 0.666. The fourth-order valence-electron chi connectivity index (χ4n) is 2.06. The van der Waals surface area contributed by atoms with Gasteiger partial charge in [-0.3, -0.25) is 0 Å². The quantitative estimate of drug-likeness (QED) is 0.737. The predicted octanol–water partition coefficient (Wildman–Crippen LogP) is 3.85. The molecule has 0 saturated heterocycles. The maximum absolute atomic E-state index is 5.92. The molecule has 1 aromatic heterocycles. The van der Waals surface area contributed by atoms with Gasteiger partial charge in [-0.25, -0.2) is 4.98 Å². The van der Waals surface area contributed by atoms with Crippen LogP contribution in [0.25, 0.3) is 11.1 Å². The van der Waals surface area contributed by atoms with Crippen molar-refractivity contribution in [1.29, 1.82) is 0 Å². The zero-order chi connectivity index (χ0) is 13.2. The van der Waals surface area contributed by atoms with Crippen LogP contribution in [0.1, 0.15) is 11.5 Å². The van der Waals surface area contributed by atoms with Gasteiger partial charge in [-0.15, -0.1) is 0 Å². The van der Waals surface area contributed by atoms with Crippen molar-refractivity contribution in [2.75, 3.05) is 5.73 Å². The molecule has 19 heavy (non-hydrogen) atoms. The lowest BCUT2D eigenvalue weighted by Crippen LogP contribution is -1.96. The van der Waals surface area contributed by atoms with Crippen molar-refractivity contribution in [2.45, 2.75) is 12.8 Å². The van der Waals surface area contributed by atoms with Crippen molar-refractivity contribution in [3.05, 3.63) is 58.9 Å². The molecule has 0 aliphatic carbocycles. The van der Waals surface area contributed by atoms with Crippen molar-refractivity contribution < 1.29 is 4.42 Å². The maximum atomic E-state index is 5.92. The van der Waals surface area contributed by atoms with E-state index in [9.17, 15) is 0 Å². The Morgan fingerprint density at radius 2 is 1.95 bits per heavy atom. The number of hydrogen-bond acceptors (Lipinski definition) is 3. The molecule has 0 atom stereocenters. The fraction of sp³-hybridized carbons (Fsp3) is 0.133. The van der Waals surface area contributed by atoms with E-state index < -0.39 is 0 Å². The van der Waals surface area contributed by atoms with E-state index in [4.69, 9.17) is 21.8 Å². The highest BCUT2D eigenvalue weighted by Crippen LogP contribution is 2.21. The highest BCUT2D eigenvalue weighted by molar-refractivity contribution is 6.31. The molecular formula is C15H13ClN2O. The number of nitrogens with two attached hydrogens (primary N) is 1. The molecule has 2 aromatic carbocycles. The van der Waals surface area contributed by atoms with Gasteiger partial charge in [-0.2, -0.15) is 0 Å². The van der Waals surface area contributed by atoms with Crippen LogP contribution in [0.5, 0.6) is 0 Å². The van der Waals surface area contributed by atoms with Crippen LogP contribution in [0.4, 0.5) is 5.69 Å². The normalized spacial score (nSPS) is 11.0. The first kappa shape index (κ1) is 12.1. The van der Waals surface area contributed by atoms with Gasteiger partial charge in [0.05, 0.1) is 0 Å². The molecule has 0 aliphatic rings. The summed E-state index contributed by atoms with van der Waals surface area (Å²) in [6.07, 6.45) is 1.54. The monoisotopic (exact) mass is 272 g/mol. The van der Waals surface area contributed by atoms with Gasteiger partial charge < -0.3 is 10.2 Å². The Bertz CT molecular complexity index is 721. The summed E-state index contributed by atoms with van der Waals surface area (Å²) >= 11 is 5.92. The molecule has 3 rings (SSSR count). The van der Waals surface area contributed by atoms with Gasteiger partial charge in [0.1, 0.15) is 5.52 Å². The topological polar surface area (TPSA) is 52.0 Å². The molecule has 3 aromatic rings. The summed E-state index contributed by atoms with van der Waals surface area (Å²) in [5.74, 6) is 0.709. The fourth-order valence-corrected chi connectivity index (χ4v) is 2.23. The number of para-hydroxylation sites is 1.